The molecule has 3 heterocycles. The molecule has 0 aliphatic carbocycles. The predicted octanol–water partition coefficient (Wildman–Crippen LogP) is 2.99. The maximum absolute atomic E-state index is 5.59. The highest BCUT2D eigenvalue weighted by Crippen LogP contribution is 2.18. The van der Waals surface area contributed by atoms with Gasteiger partial charge in [0.25, 0.3) is 0 Å². The molecule has 0 aromatic carbocycles. The zero-order valence-corrected chi connectivity index (χ0v) is 15.4. The number of aryl methyl sites for hydroxylation is 1. The lowest BCUT2D eigenvalue weighted by molar-refractivity contribution is 0.380. The van der Waals surface area contributed by atoms with Gasteiger partial charge in [0.15, 0.2) is 5.65 Å². The van der Waals surface area contributed by atoms with E-state index in [2.05, 4.69) is 54.2 Å². The van der Waals surface area contributed by atoms with Gasteiger partial charge >= 0.3 is 0 Å². The third-order valence-electron chi connectivity index (χ3n) is 3.69. The van der Waals surface area contributed by atoms with E-state index in [0.717, 1.165) is 16.9 Å². The van der Waals surface area contributed by atoms with E-state index in [-0.39, 0.29) is 7.43 Å². The van der Waals surface area contributed by atoms with Gasteiger partial charge in [0.1, 0.15) is 17.2 Å². The summed E-state index contributed by atoms with van der Waals surface area (Å²) in [5.74, 6) is 1.53. The van der Waals surface area contributed by atoms with Gasteiger partial charge in [-0.25, -0.2) is 15.0 Å². The monoisotopic (exact) mass is 358 g/mol. The van der Waals surface area contributed by atoms with Crippen molar-refractivity contribution in [2.45, 2.75) is 54.1 Å². The molecule has 3 rings (SSSR count). The summed E-state index contributed by atoms with van der Waals surface area (Å²) in [5, 5.41) is 0. The van der Waals surface area contributed by atoms with Gasteiger partial charge in [-0.15, -0.1) is 0 Å². The van der Waals surface area contributed by atoms with Gasteiger partial charge in [-0.05, 0) is 40.7 Å². The van der Waals surface area contributed by atoms with E-state index < -0.39 is 0 Å². The first kappa shape index (κ1) is 21.1. The fourth-order valence-corrected chi connectivity index (χ4v) is 2.41. The second-order valence-electron chi connectivity index (χ2n) is 6.35. The molecular weight excluding hydrogens is 328 g/mol. The van der Waals surface area contributed by atoms with Crippen molar-refractivity contribution in [1.82, 2.24) is 24.4 Å². The molecule has 0 spiro atoms. The Hall–Kier alpha value is -2.90. The van der Waals surface area contributed by atoms with Crippen molar-refractivity contribution in [1.29, 1.82) is 0 Å². The van der Waals surface area contributed by atoms with Crippen molar-refractivity contribution >= 4 is 22.9 Å². The highest BCUT2D eigenvalue weighted by Gasteiger charge is 2.11. The van der Waals surface area contributed by atoms with Crippen LogP contribution in [0, 0.1) is 6.92 Å². The van der Waals surface area contributed by atoms with Crippen LogP contribution in [0.25, 0.3) is 11.2 Å². The highest BCUT2D eigenvalue weighted by molar-refractivity contribution is 5.92. The fraction of sp³-hybridized carbons (Fsp3) is 0.444. The van der Waals surface area contributed by atoms with Crippen LogP contribution in [0.4, 0.5) is 5.95 Å². The first-order valence-corrected chi connectivity index (χ1v) is 8.17. The average Bonchev–Trinajstić information content (AvgIpc) is 2.91. The van der Waals surface area contributed by atoms with Crippen LogP contribution in [0.3, 0.4) is 0 Å². The van der Waals surface area contributed by atoms with Crippen LogP contribution in [0.5, 0.6) is 0 Å². The number of anilines is 1. The molecule has 0 atom stereocenters. The Balaban J connectivity index is 0.000000258. The molecule has 0 radical (unpaired) electrons. The molecule has 0 saturated heterocycles. The third kappa shape index (κ3) is 4.59. The number of hydrogen-bond donors (Lipinski definition) is 2. The summed E-state index contributed by atoms with van der Waals surface area (Å²) in [6, 6.07) is 0.712. The number of hydrogen-bond acceptors (Lipinski definition) is 7. The van der Waals surface area contributed by atoms with Crippen molar-refractivity contribution in [3.05, 3.63) is 36.7 Å². The van der Waals surface area contributed by atoms with E-state index in [0.29, 0.717) is 29.7 Å². The Morgan fingerprint density at radius 3 is 2.27 bits per heavy atom. The lowest BCUT2D eigenvalue weighted by Crippen LogP contribution is -2.28. The standard InChI is InChI=1S/C9H13N5.C8H13N3.CH4/c1-5(2)14-4-11-7-6(3)12-9(10)13-8(7)14;1-6(2)11-5-4-8(9)10-7(11)3;/h4-5H,1-3H3,(H2,10,12,13);4-6H,3H2,1-2H3,(H2,9,10);1H4. The van der Waals surface area contributed by atoms with Crippen molar-refractivity contribution in [3.63, 3.8) is 0 Å². The molecule has 0 unspecified atom stereocenters. The van der Waals surface area contributed by atoms with Crippen molar-refractivity contribution in [2.24, 2.45) is 10.7 Å². The average molecular weight is 358 g/mol. The van der Waals surface area contributed by atoms with E-state index in [1.54, 1.807) is 12.4 Å². The Morgan fingerprint density at radius 2 is 1.73 bits per heavy atom. The zero-order valence-electron chi connectivity index (χ0n) is 15.4. The van der Waals surface area contributed by atoms with Gasteiger partial charge in [0.2, 0.25) is 5.95 Å². The summed E-state index contributed by atoms with van der Waals surface area (Å²) in [6.07, 6.45) is 5.44. The topological polar surface area (TPSA) is 111 Å². The molecular formula is C18H30N8. The zero-order chi connectivity index (χ0) is 18.7. The number of nitrogens with two attached hydrogens (primary N) is 2. The Bertz CT molecular complexity index is 829. The summed E-state index contributed by atoms with van der Waals surface area (Å²) in [7, 11) is 0. The minimum Gasteiger partial charge on any atom is -0.384 e. The maximum Gasteiger partial charge on any atom is 0.222 e. The lowest BCUT2D eigenvalue weighted by atomic mass is 10.3. The summed E-state index contributed by atoms with van der Waals surface area (Å²) in [4.78, 5) is 18.5. The molecule has 4 N–H and O–H groups in total. The summed E-state index contributed by atoms with van der Waals surface area (Å²) in [5.41, 5.74) is 13.5. The minimum atomic E-state index is 0. The lowest BCUT2D eigenvalue weighted by Gasteiger charge is -2.26. The van der Waals surface area contributed by atoms with Gasteiger partial charge in [0.05, 0.1) is 12.0 Å². The number of imidazole rings is 1. The van der Waals surface area contributed by atoms with E-state index in [1.807, 2.05) is 22.6 Å². The summed E-state index contributed by atoms with van der Waals surface area (Å²) >= 11 is 0. The van der Waals surface area contributed by atoms with Crippen molar-refractivity contribution < 1.29 is 0 Å². The van der Waals surface area contributed by atoms with E-state index in [4.69, 9.17) is 11.5 Å². The van der Waals surface area contributed by atoms with E-state index in [1.165, 1.54) is 0 Å². The molecule has 2 aromatic heterocycles. The SMILES string of the molecule is C.C=C1N=C(N)C=CN1C(C)C.Cc1nc(N)nc2c1ncn2C(C)C. The van der Waals surface area contributed by atoms with Crippen molar-refractivity contribution in [2.75, 3.05) is 5.73 Å². The molecule has 0 amide bonds. The first-order chi connectivity index (χ1) is 11.7. The highest BCUT2D eigenvalue weighted by atomic mass is 15.2. The van der Waals surface area contributed by atoms with Crippen LogP contribution in [0.1, 0.15) is 46.9 Å². The number of rotatable bonds is 2. The number of fused-ring (bicyclic) bond motifs is 1. The molecule has 0 bridgehead atoms. The number of nitrogens with zero attached hydrogens (tertiary/aromatic N) is 6. The fourth-order valence-electron chi connectivity index (χ4n) is 2.41. The molecule has 2 aromatic rings. The number of nitrogen functional groups attached to an aromatic ring is 1. The third-order valence-corrected chi connectivity index (χ3v) is 3.69. The molecule has 26 heavy (non-hydrogen) atoms. The van der Waals surface area contributed by atoms with Crippen LogP contribution in [-0.2, 0) is 0 Å². The minimum absolute atomic E-state index is 0. The van der Waals surface area contributed by atoms with Crippen LogP contribution in [0.2, 0.25) is 0 Å². The maximum atomic E-state index is 5.59. The smallest absolute Gasteiger partial charge is 0.222 e. The van der Waals surface area contributed by atoms with Crippen LogP contribution >= 0.6 is 0 Å². The van der Waals surface area contributed by atoms with Gasteiger partial charge in [-0.1, -0.05) is 14.0 Å². The second-order valence-corrected chi connectivity index (χ2v) is 6.35. The largest absolute Gasteiger partial charge is 0.384 e. The predicted molar refractivity (Wildman–Crippen MR) is 108 cm³/mol. The van der Waals surface area contributed by atoms with Crippen molar-refractivity contribution in [3.8, 4) is 0 Å². The van der Waals surface area contributed by atoms with E-state index in [9.17, 15) is 0 Å². The summed E-state index contributed by atoms with van der Waals surface area (Å²) < 4.78 is 1.99. The van der Waals surface area contributed by atoms with Gasteiger partial charge in [-0.2, -0.15) is 4.98 Å². The van der Waals surface area contributed by atoms with Crippen LogP contribution in [0.15, 0.2) is 36.0 Å². The van der Waals surface area contributed by atoms with Gasteiger partial charge < -0.3 is 20.9 Å². The Labute approximate surface area is 155 Å². The molecule has 8 nitrogen and oxygen atoms in total. The number of aliphatic imine (C=N–C) groups is 1. The molecule has 142 valence electrons. The number of amidine groups is 1. The normalized spacial score (nSPS) is 13.6. The second kappa shape index (κ2) is 8.46. The van der Waals surface area contributed by atoms with E-state index >= 15 is 0 Å². The van der Waals surface area contributed by atoms with Crippen LogP contribution in [-0.4, -0.2) is 36.3 Å². The first-order valence-electron chi connectivity index (χ1n) is 8.17. The molecule has 0 fully saturated rings. The molecule has 0 saturated carbocycles. The Morgan fingerprint density at radius 1 is 1.08 bits per heavy atom. The Kier molecular flexibility index (Phi) is 6.88. The van der Waals surface area contributed by atoms with Gasteiger partial charge in [0, 0.05) is 18.3 Å². The summed E-state index contributed by atoms with van der Waals surface area (Å²) in [6.45, 7) is 14.0. The number of aromatic nitrogens is 4. The molecule has 1 aliphatic heterocycles. The van der Waals surface area contributed by atoms with Gasteiger partial charge in [-0.3, -0.25) is 0 Å². The van der Waals surface area contributed by atoms with Crippen LogP contribution < -0.4 is 11.5 Å². The quantitative estimate of drug-likeness (QED) is 0.853. The molecule has 1 aliphatic rings. The molecule has 8 heteroatoms.